The number of aromatic nitrogens is 1. The summed E-state index contributed by atoms with van der Waals surface area (Å²) < 4.78 is 44.2. The zero-order valence-corrected chi connectivity index (χ0v) is 10.4. The van der Waals surface area contributed by atoms with Crippen LogP contribution in [-0.4, -0.2) is 43.1 Å². The third kappa shape index (κ3) is 7.37. The molecule has 0 radical (unpaired) electrons. The molecule has 0 saturated heterocycles. The van der Waals surface area contributed by atoms with Gasteiger partial charge in [0.25, 0.3) is 0 Å². The highest BCUT2D eigenvalue weighted by Crippen LogP contribution is 2.15. The third-order valence-electron chi connectivity index (χ3n) is 1.76. The highest BCUT2D eigenvalue weighted by Gasteiger charge is 2.27. The van der Waals surface area contributed by atoms with Crippen LogP contribution in [0, 0.1) is 0 Å². The third-order valence-corrected chi connectivity index (χ3v) is 1.76. The Morgan fingerprint density at radius 3 is 2.42 bits per heavy atom. The fourth-order valence-corrected chi connectivity index (χ4v) is 1.02. The van der Waals surface area contributed by atoms with Crippen LogP contribution in [0.2, 0.25) is 0 Å². The van der Waals surface area contributed by atoms with Crippen molar-refractivity contribution in [2.75, 3.05) is 20.8 Å². The molecule has 0 unspecified atom stereocenters. The Labute approximate surface area is 108 Å². The normalized spacial score (nSPS) is 10.4. The average Bonchev–Trinajstić information content (AvgIpc) is 2.39. The Hall–Kier alpha value is -1.67. The molecular weight excluding hydrogens is 267 g/mol. The van der Waals surface area contributed by atoms with Crippen LogP contribution in [0.4, 0.5) is 13.2 Å². The Morgan fingerprint density at radius 1 is 1.37 bits per heavy atom. The molecule has 19 heavy (non-hydrogen) atoms. The number of pyridine rings is 1. The molecule has 108 valence electrons. The van der Waals surface area contributed by atoms with Gasteiger partial charge in [0.1, 0.15) is 6.61 Å². The fraction of sp³-hybridized carbons (Fsp3) is 0.455. The lowest BCUT2D eigenvalue weighted by Crippen LogP contribution is -2.17. The van der Waals surface area contributed by atoms with Gasteiger partial charge >= 0.3 is 12.1 Å². The molecule has 0 bridgehead atoms. The number of carbonyl (C=O) groups excluding carboxylic acids is 1. The number of rotatable bonds is 4. The maximum atomic E-state index is 11.8. The van der Waals surface area contributed by atoms with E-state index in [2.05, 4.69) is 14.5 Å². The molecule has 0 saturated carbocycles. The molecule has 5 nitrogen and oxygen atoms in total. The van der Waals surface area contributed by atoms with Crippen molar-refractivity contribution in [3.05, 3.63) is 29.6 Å². The van der Waals surface area contributed by atoms with Gasteiger partial charge in [-0.15, -0.1) is 0 Å². The Balaban J connectivity index is 0.00000154. The number of aliphatic hydroxyl groups excluding tert-OH is 1. The quantitative estimate of drug-likeness (QED) is 0.848. The van der Waals surface area contributed by atoms with Crippen molar-refractivity contribution >= 4 is 5.97 Å². The number of aliphatic hydroxyl groups is 1. The summed E-state index contributed by atoms with van der Waals surface area (Å²) in [6.45, 7) is -1.59. The molecule has 0 fully saturated rings. The highest BCUT2D eigenvalue weighted by atomic mass is 19.4. The van der Waals surface area contributed by atoms with E-state index in [0.717, 1.165) is 7.11 Å². The van der Waals surface area contributed by atoms with E-state index in [1.807, 2.05) is 0 Å². The molecule has 1 rings (SSSR count). The van der Waals surface area contributed by atoms with Gasteiger partial charge in [0.2, 0.25) is 0 Å². The first-order chi connectivity index (χ1) is 8.92. The van der Waals surface area contributed by atoms with Crippen LogP contribution in [0.3, 0.4) is 0 Å². The molecule has 1 aromatic rings. The van der Waals surface area contributed by atoms with Gasteiger partial charge in [-0.3, -0.25) is 4.98 Å². The molecule has 0 aliphatic rings. The van der Waals surface area contributed by atoms with E-state index in [1.54, 1.807) is 0 Å². The van der Waals surface area contributed by atoms with Crippen LogP contribution in [-0.2, 0) is 16.1 Å². The van der Waals surface area contributed by atoms with Crippen LogP contribution in [0.1, 0.15) is 16.1 Å². The number of methoxy groups -OCH3 is 1. The van der Waals surface area contributed by atoms with Crippen LogP contribution in [0.5, 0.6) is 0 Å². The van der Waals surface area contributed by atoms with Crippen LogP contribution in [0.15, 0.2) is 18.3 Å². The lowest BCUT2D eigenvalue weighted by atomic mass is 10.2. The average molecular weight is 281 g/mol. The summed E-state index contributed by atoms with van der Waals surface area (Å²) in [4.78, 5) is 14.8. The molecule has 0 aliphatic carbocycles. The number of nitrogens with zero attached hydrogens (tertiary/aromatic N) is 1. The van der Waals surface area contributed by atoms with E-state index in [4.69, 9.17) is 5.11 Å². The van der Waals surface area contributed by atoms with Crippen LogP contribution < -0.4 is 0 Å². The van der Waals surface area contributed by atoms with E-state index in [9.17, 15) is 18.0 Å². The van der Waals surface area contributed by atoms with E-state index in [-0.39, 0.29) is 12.2 Å². The topological polar surface area (TPSA) is 68.7 Å². The predicted molar refractivity (Wildman–Crippen MR) is 59.4 cm³/mol. The van der Waals surface area contributed by atoms with Crippen molar-refractivity contribution in [2.45, 2.75) is 12.8 Å². The minimum Gasteiger partial charge on any atom is -0.465 e. The first-order valence-corrected chi connectivity index (χ1v) is 5.05. The minimum absolute atomic E-state index is 0.229. The number of hydrogen-bond acceptors (Lipinski definition) is 5. The van der Waals surface area contributed by atoms with Crippen molar-refractivity contribution in [2.24, 2.45) is 0 Å². The van der Waals surface area contributed by atoms with E-state index >= 15 is 0 Å². The summed E-state index contributed by atoms with van der Waals surface area (Å²) in [7, 11) is 2.22. The van der Waals surface area contributed by atoms with E-state index in [0.29, 0.717) is 5.69 Å². The SMILES string of the molecule is CO.COC(=O)c1ccc(COCC(F)(F)F)nc1. The van der Waals surface area contributed by atoms with Gasteiger partial charge in [0.15, 0.2) is 0 Å². The van der Waals surface area contributed by atoms with Gasteiger partial charge in [0.05, 0.1) is 25.0 Å². The van der Waals surface area contributed by atoms with Crippen LogP contribution in [0.25, 0.3) is 0 Å². The van der Waals surface area contributed by atoms with Crippen molar-refractivity contribution in [1.82, 2.24) is 4.98 Å². The number of carbonyl (C=O) groups is 1. The Bertz CT molecular complexity index is 379. The second kappa shape index (κ2) is 8.44. The maximum Gasteiger partial charge on any atom is 0.411 e. The van der Waals surface area contributed by atoms with Gasteiger partial charge in [-0.25, -0.2) is 4.79 Å². The summed E-state index contributed by atoms with van der Waals surface area (Å²) in [5.74, 6) is -0.555. The van der Waals surface area contributed by atoms with Crippen LogP contribution >= 0.6 is 0 Å². The van der Waals surface area contributed by atoms with E-state index in [1.165, 1.54) is 25.4 Å². The summed E-state index contributed by atoms with van der Waals surface area (Å²) >= 11 is 0. The summed E-state index contributed by atoms with van der Waals surface area (Å²) in [5, 5.41) is 7.00. The fourth-order valence-electron chi connectivity index (χ4n) is 1.02. The first-order valence-electron chi connectivity index (χ1n) is 5.05. The molecule has 0 amide bonds. The molecule has 1 N–H and O–H groups in total. The molecule has 0 aromatic carbocycles. The number of esters is 1. The Morgan fingerprint density at radius 2 is 2.00 bits per heavy atom. The highest BCUT2D eigenvalue weighted by molar-refractivity contribution is 5.88. The summed E-state index contributed by atoms with van der Waals surface area (Å²) in [6.07, 6.45) is -3.13. The lowest BCUT2D eigenvalue weighted by Gasteiger charge is -2.07. The minimum atomic E-state index is -4.36. The van der Waals surface area contributed by atoms with Gasteiger partial charge < -0.3 is 14.6 Å². The zero-order chi connectivity index (χ0) is 14.9. The first kappa shape index (κ1) is 17.3. The predicted octanol–water partition coefficient (Wildman–Crippen LogP) is 1.56. The second-order valence-corrected chi connectivity index (χ2v) is 3.14. The van der Waals surface area contributed by atoms with Crippen molar-refractivity contribution in [3.63, 3.8) is 0 Å². The maximum absolute atomic E-state index is 11.8. The van der Waals surface area contributed by atoms with E-state index < -0.39 is 18.8 Å². The number of halogens is 3. The van der Waals surface area contributed by atoms with Gasteiger partial charge in [-0.2, -0.15) is 13.2 Å². The van der Waals surface area contributed by atoms with Gasteiger partial charge in [-0.05, 0) is 12.1 Å². The molecule has 1 aromatic heterocycles. The molecule has 1 heterocycles. The number of hydrogen-bond donors (Lipinski definition) is 1. The second-order valence-electron chi connectivity index (χ2n) is 3.14. The van der Waals surface area contributed by atoms with Crippen molar-refractivity contribution in [3.8, 4) is 0 Å². The molecule has 8 heteroatoms. The zero-order valence-electron chi connectivity index (χ0n) is 10.4. The summed E-state index contributed by atoms with van der Waals surface area (Å²) in [5.41, 5.74) is 0.536. The lowest BCUT2D eigenvalue weighted by molar-refractivity contribution is -0.176. The monoisotopic (exact) mass is 281 g/mol. The Kier molecular flexibility index (Phi) is 7.69. The van der Waals surface area contributed by atoms with Crippen molar-refractivity contribution < 1.29 is 32.5 Å². The smallest absolute Gasteiger partial charge is 0.411 e. The molecule has 0 spiro atoms. The standard InChI is InChI=1S/C10H10F3NO3.CH4O/c1-16-9(15)7-2-3-8(14-4-7)5-17-6-10(11,12)13;1-2/h2-4H,5-6H2,1H3;2H,1H3. The van der Waals surface area contributed by atoms with Gasteiger partial charge in [-0.1, -0.05) is 0 Å². The number of alkyl halides is 3. The molecule has 0 atom stereocenters. The largest absolute Gasteiger partial charge is 0.465 e. The van der Waals surface area contributed by atoms with Crippen molar-refractivity contribution in [1.29, 1.82) is 0 Å². The molecule has 0 aliphatic heterocycles. The number of ether oxygens (including phenoxy) is 2. The summed E-state index contributed by atoms with van der Waals surface area (Å²) in [6, 6.07) is 2.81. The molecular formula is C11H14F3NO4. The van der Waals surface area contributed by atoms with Gasteiger partial charge in [0, 0.05) is 13.3 Å².